The van der Waals surface area contributed by atoms with Crippen LogP contribution in [0.1, 0.15) is 36.8 Å². The maximum Gasteiger partial charge on any atom is 0.351 e. The van der Waals surface area contributed by atoms with Gasteiger partial charge in [0, 0.05) is 89.2 Å². The maximum atomic E-state index is 7.90. The van der Waals surface area contributed by atoms with Gasteiger partial charge in [0.25, 0.3) is 0 Å². The number of rotatable bonds is 2. The van der Waals surface area contributed by atoms with Gasteiger partial charge >= 0.3 is 13.6 Å². The molecule has 0 aromatic heterocycles. The Morgan fingerprint density at radius 2 is 0.880 bits per heavy atom. The van der Waals surface area contributed by atoms with Crippen LogP contribution in [0.5, 0.6) is 11.5 Å². The number of para-hydroxylation sites is 2. The van der Waals surface area contributed by atoms with E-state index in [2.05, 4.69) is 30.8 Å². The molecule has 14 nitrogen and oxygen atoms in total. The maximum absolute atomic E-state index is 7.90. The lowest BCUT2D eigenvalue weighted by Gasteiger charge is -2.49. The molecule has 1 unspecified atom stereocenters. The van der Waals surface area contributed by atoms with Crippen LogP contribution in [0.4, 0.5) is 0 Å². The Morgan fingerprint density at radius 3 is 1.30 bits per heavy atom. The van der Waals surface area contributed by atoms with E-state index < -0.39 is 40.2 Å². The summed E-state index contributed by atoms with van der Waals surface area (Å²) in [5.74, 6) is 0.162. The normalized spacial score (nSPS) is 36.0. The number of nitrogens with zero attached hydrogens (tertiary/aromatic N) is 8. The number of hydrogen-bond donors (Lipinski definition) is 0. The third kappa shape index (κ3) is 5.60. The highest BCUT2D eigenvalue weighted by Crippen LogP contribution is 2.86. The first-order valence-electron chi connectivity index (χ1n) is 17.3. The summed E-state index contributed by atoms with van der Waals surface area (Å²) in [6.07, 6.45) is 2.63. The molecule has 0 N–H and O–H groups in total. The summed E-state index contributed by atoms with van der Waals surface area (Å²) in [7, 11) is -6.21. The van der Waals surface area contributed by atoms with E-state index in [1.807, 2.05) is 36.4 Å². The van der Waals surface area contributed by atoms with Crippen LogP contribution in [0, 0.1) is 0 Å². The number of piperidine rings is 2. The molecule has 5 fully saturated rings. The van der Waals surface area contributed by atoms with Crippen molar-refractivity contribution >= 4 is 51.1 Å². The van der Waals surface area contributed by atoms with Crippen molar-refractivity contribution in [3.8, 4) is 11.5 Å². The highest BCUT2D eigenvalue weighted by molar-refractivity contribution is 7.98. The summed E-state index contributed by atoms with van der Waals surface area (Å²) < 4.78 is 70.6. The van der Waals surface area contributed by atoms with Gasteiger partial charge in [-0.1, -0.05) is 36.4 Å². The molecule has 0 saturated carbocycles. The third-order valence-electron chi connectivity index (χ3n) is 10.8. The van der Waals surface area contributed by atoms with E-state index in [0.717, 1.165) is 24.2 Å². The predicted molar refractivity (Wildman–Crippen MR) is 195 cm³/mol. The van der Waals surface area contributed by atoms with Crippen LogP contribution in [-0.4, -0.2) is 96.0 Å². The molecule has 8 aliphatic rings. The molecule has 10 rings (SSSR count). The molecule has 2 aromatic carbocycles. The highest BCUT2D eigenvalue weighted by atomic mass is 35.7. The Kier molecular flexibility index (Phi) is 8.35. The van der Waals surface area contributed by atoms with Gasteiger partial charge in [-0.15, -0.1) is 0 Å². The standard InChI is InChI=1S/C30H40Cl2N8O6P4/c31-47-33-49(37-13-9-29(10-14-37)41-19-20-42-29,38-15-11-30(12-16-38)43-21-22-44-30)34-48(32)36-50(35-47)39(23-25-5-1-3-7-27(25)45-47)17-18-40(50)24-26-6-2-4-8-28(26)46-48/h1-8H,9-24H2/t47-,48-,50?/m0/s1. The summed E-state index contributed by atoms with van der Waals surface area (Å²) in [5.41, 5.74) is 2.04. The van der Waals surface area contributed by atoms with Gasteiger partial charge in [-0.05, 0) is 34.6 Å². The third-order valence-corrected chi connectivity index (χ3v) is 26.4. The van der Waals surface area contributed by atoms with Crippen LogP contribution < -0.4 is 9.05 Å². The van der Waals surface area contributed by atoms with Crippen molar-refractivity contribution in [3.63, 3.8) is 0 Å². The van der Waals surface area contributed by atoms with Gasteiger partial charge < -0.3 is 28.0 Å². The minimum Gasteiger partial charge on any atom is -0.430 e. The fourth-order valence-electron chi connectivity index (χ4n) is 8.26. The van der Waals surface area contributed by atoms with E-state index in [1.165, 1.54) is 0 Å². The highest BCUT2D eigenvalue weighted by Gasteiger charge is 2.54. The van der Waals surface area contributed by atoms with E-state index >= 15 is 0 Å². The van der Waals surface area contributed by atoms with Crippen LogP contribution in [0.15, 0.2) is 66.6 Å². The molecule has 2 aromatic rings. The Balaban J connectivity index is 1.22. The lowest BCUT2D eigenvalue weighted by Crippen LogP contribution is -2.49. The van der Waals surface area contributed by atoms with Crippen molar-refractivity contribution in [2.24, 2.45) is 18.1 Å². The second-order valence-electron chi connectivity index (χ2n) is 13.7. The molecule has 0 aliphatic carbocycles. The van der Waals surface area contributed by atoms with Gasteiger partial charge in [0.15, 0.2) is 11.6 Å². The minimum atomic E-state index is -3.52. The molecule has 50 heavy (non-hydrogen) atoms. The smallest absolute Gasteiger partial charge is 0.351 e. The zero-order valence-electron chi connectivity index (χ0n) is 27.5. The zero-order valence-corrected chi connectivity index (χ0v) is 32.6. The number of ether oxygens (including phenoxy) is 4. The first kappa shape index (κ1) is 33.8. The molecular weight excluding hydrogens is 763 g/mol. The molecular formula is C30H40Cl2N8O6P4. The van der Waals surface area contributed by atoms with Crippen molar-refractivity contribution < 1.29 is 28.0 Å². The fraction of sp³-hybridized carbons (Fsp3) is 0.600. The van der Waals surface area contributed by atoms with Crippen LogP contribution in [0.25, 0.3) is 0 Å². The number of fused-ring (bicyclic) bond motifs is 3. The monoisotopic (exact) mass is 802 g/mol. The number of hydrogen-bond acceptors (Lipinski definition) is 14. The number of benzene rings is 2. The topological polar surface area (TPSA) is 118 Å². The first-order chi connectivity index (χ1) is 24.2. The molecule has 20 heteroatoms. The second kappa shape index (κ2) is 12.4. The first-order valence-corrected chi connectivity index (χ1v) is 25.5. The molecule has 3 atom stereocenters. The van der Waals surface area contributed by atoms with Gasteiger partial charge in [-0.25, -0.2) is 18.7 Å². The molecule has 3 bridgehead atoms. The van der Waals surface area contributed by atoms with Crippen molar-refractivity contribution in [3.05, 3.63) is 59.7 Å². The lowest BCUT2D eigenvalue weighted by atomic mass is 10.1. The van der Waals surface area contributed by atoms with Gasteiger partial charge in [0.2, 0.25) is 15.0 Å². The average Bonchev–Trinajstić information content (AvgIpc) is 3.82. The number of halogens is 2. The summed E-state index contributed by atoms with van der Waals surface area (Å²) in [6, 6.07) is 16.1. The van der Waals surface area contributed by atoms with Crippen LogP contribution >= 0.6 is 51.1 Å². The summed E-state index contributed by atoms with van der Waals surface area (Å²) >= 11 is 15.8. The van der Waals surface area contributed by atoms with Crippen LogP contribution in [-0.2, 0) is 32.0 Å². The van der Waals surface area contributed by atoms with E-state index in [4.69, 9.17) is 68.5 Å². The van der Waals surface area contributed by atoms with E-state index in [9.17, 15) is 0 Å². The Labute approximate surface area is 302 Å². The van der Waals surface area contributed by atoms with E-state index in [1.54, 1.807) is 0 Å². The lowest BCUT2D eigenvalue weighted by molar-refractivity contribution is -0.182. The van der Waals surface area contributed by atoms with E-state index in [0.29, 0.717) is 103 Å². The molecule has 8 aliphatic heterocycles. The molecule has 3 spiro atoms. The van der Waals surface area contributed by atoms with Crippen molar-refractivity contribution in [2.75, 3.05) is 65.7 Å². The largest absolute Gasteiger partial charge is 0.430 e. The molecule has 0 amide bonds. The molecule has 270 valence electrons. The van der Waals surface area contributed by atoms with Crippen LogP contribution in [0.3, 0.4) is 0 Å². The molecule has 8 heterocycles. The average molecular weight is 804 g/mol. The summed E-state index contributed by atoms with van der Waals surface area (Å²) in [6.45, 7) is 0.406. The minimum absolute atomic E-state index is 0.589. The van der Waals surface area contributed by atoms with Crippen molar-refractivity contribution in [1.82, 2.24) is 18.7 Å². The van der Waals surface area contributed by atoms with Crippen molar-refractivity contribution in [2.45, 2.75) is 50.3 Å². The van der Waals surface area contributed by atoms with Crippen molar-refractivity contribution in [1.29, 1.82) is 0 Å². The molecule has 5 saturated heterocycles. The van der Waals surface area contributed by atoms with Gasteiger partial charge in [0.1, 0.15) is 11.5 Å². The van der Waals surface area contributed by atoms with Gasteiger partial charge in [-0.3, -0.25) is 0 Å². The fourth-order valence-corrected chi connectivity index (χ4v) is 27.2. The SMILES string of the molecule is Cl[P@@]12=NP34=N[P@](Cl)(=NP(N5CCC6(CC5)OCCO6)(N5CCC6(CC5)OCCO6)=N1)Oc1ccccc1CN3CCN4Cc1ccccc1O2. The van der Waals surface area contributed by atoms with E-state index in [-0.39, 0.29) is 0 Å². The second-order valence-corrected chi connectivity index (χ2v) is 25.8. The predicted octanol–water partition coefficient (Wildman–Crippen LogP) is 8.74. The zero-order chi connectivity index (χ0) is 33.7. The van der Waals surface area contributed by atoms with Crippen LogP contribution in [0.2, 0.25) is 0 Å². The quantitative estimate of drug-likeness (QED) is 0.273. The summed E-state index contributed by atoms with van der Waals surface area (Å²) in [5, 5.41) is 0. The van der Waals surface area contributed by atoms with Gasteiger partial charge in [0.05, 0.1) is 26.4 Å². The Bertz CT molecular complexity index is 1870. The Hall–Kier alpha value is -0.780. The molecule has 0 radical (unpaired) electrons. The Morgan fingerprint density at radius 1 is 0.500 bits per heavy atom. The van der Waals surface area contributed by atoms with Gasteiger partial charge in [-0.2, -0.15) is 18.1 Å². The summed E-state index contributed by atoms with van der Waals surface area (Å²) in [4.78, 5) is 0.